The Labute approximate surface area is 73.1 Å². The number of amides is 1. The summed E-state index contributed by atoms with van der Waals surface area (Å²) in [6, 6.07) is -0.448. The first-order valence-electron chi connectivity index (χ1n) is 4.25. The lowest BCUT2D eigenvalue weighted by Gasteiger charge is -2.07. The third kappa shape index (κ3) is 6.12. The molecule has 1 amide bonds. The third-order valence-electron chi connectivity index (χ3n) is 1.51. The Balaban J connectivity index is 3.26. The maximum Gasteiger partial charge on any atom is 0.236 e. The second-order valence-corrected chi connectivity index (χ2v) is 3.07. The molecule has 0 bridgehead atoms. The molecule has 4 nitrogen and oxygen atoms in total. The fourth-order valence-corrected chi connectivity index (χ4v) is 0.770. The summed E-state index contributed by atoms with van der Waals surface area (Å²) in [6.45, 7) is 3.96. The van der Waals surface area contributed by atoms with Crippen LogP contribution in [0.4, 0.5) is 0 Å². The van der Waals surface area contributed by atoms with Crippen molar-refractivity contribution in [2.75, 3.05) is 6.54 Å². The number of nitrogens with one attached hydrogen (secondary N) is 1. The zero-order valence-corrected chi connectivity index (χ0v) is 7.71. The number of carbonyl (C=O) groups is 1. The van der Waals surface area contributed by atoms with Crippen molar-refractivity contribution in [1.82, 2.24) is 5.32 Å². The smallest absolute Gasteiger partial charge is 0.236 e. The Kier molecular flexibility index (Phi) is 5.66. The van der Waals surface area contributed by atoms with Gasteiger partial charge in [0.05, 0.1) is 12.1 Å². The van der Waals surface area contributed by atoms with Crippen molar-refractivity contribution in [3.05, 3.63) is 0 Å². The molecular formula is C8H18N2O2. The van der Waals surface area contributed by atoms with Crippen LogP contribution < -0.4 is 11.1 Å². The van der Waals surface area contributed by atoms with Crippen molar-refractivity contribution in [1.29, 1.82) is 0 Å². The minimum atomic E-state index is -0.448. The first kappa shape index (κ1) is 11.4. The summed E-state index contributed by atoms with van der Waals surface area (Å²) in [5.74, 6) is -0.138. The number of hydrogen-bond acceptors (Lipinski definition) is 3. The molecule has 0 aliphatic heterocycles. The highest BCUT2D eigenvalue weighted by Crippen LogP contribution is 1.93. The topological polar surface area (TPSA) is 75.3 Å². The SMILES string of the molecule is CC(O)CCCNC(=O)[C@H](C)N. The van der Waals surface area contributed by atoms with Crippen LogP contribution in [0.2, 0.25) is 0 Å². The zero-order chi connectivity index (χ0) is 9.56. The van der Waals surface area contributed by atoms with E-state index in [1.54, 1.807) is 13.8 Å². The van der Waals surface area contributed by atoms with Crippen molar-refractivity contribution in [3.63, 3.8) is 0 Å². The second kappa shape index (κ2) is 5.97. The van der Waals surface area contributed by atoms with Crippen molar-refractivity contribution < 1.29 is 9.90 Å². The molecule has 0 saturated carbocycles. The molecule has 0 spiro atoms. The van der Waals surface area contributed by atoms with E-state index >= 15 is 0 Å². The molecule has 0 fully saturated rings. The van der Waals surface area contributed by atoms with Gasteiger partial charge in [-0.25, -0.2) is 0 Å². The summed E-state index contributed by atoms with van der Waals surface area (Å²) in [7, 11) is 0. The van der Waals surface area contributed by atoms with E-state index in [-0.39, 0.29) is 12.0 Å². The van der Waals surface area contributed by atoms with Crippen LogP contribution in [0.3, 0.4) is 0 Å². The number of aliphatic hydroxyl groups is 1. The number of rotatable bonds is 5. The fourth-order valence-electron chi connectivity index (χ4n) is 0.770. The number of nitrogens with two attached hydrogens (primary N) is 1. The molecule has 0 rings (SSSR count). The van der Waals surface area contributed by atoms with Gasteiger partial charge in [0.1, 0.15) is 0 Å². The van der Waals surface area contributed by atoms with Crippen molar-refractivity contribution in [2.24, 2.45) is 5.73 Å². The number of hydrogen-bond donors (Lipinski definition) is 3. The van der Waals surface area contributed by atoms with Gasteiger partial charge in [-0.1, -0.05) is 0 Å². The van der Waals surface area contributed by atoms with Gasteiger partial charge in [0.15, 0.2) is 0 Å². The quantitative estimate of drug-likeness (QED) is 0.497. The molecule has 0 heterocycles. The standard InChI is InChI=1S/C8H18N2O2/c1-6(11)4-3-5-10-8(12)7(2)9/h6-7,11H,3-5,9H2,1-2H3,(H,10,12)/t6?,7-/m0/s1. The molecule has 0 saturated heterocycles. The van der Waals surface area contributed by atoms with Crippen LogP contribution >= 0.6 is 0 Å². The first-order chi connectivity index (χ1) is 5.54. The predicted octanol–water partition coefficient (Wildman–Crippen LogP) is -0.389. The van der Waals surface area contributed by atoms with Crippen LogP contribution in [0.15, 0.2) is 0 Å². The minimum absolute atomic E-state index is 0.138. The van der Waals surface area contributed by atoms with Gasteiger partial charge in [0.25, 0.3) is 0 Å². The number of carbonyl (C=O) groups excluding carboxylic acids is 1. The normalized spacial score (nSPS) is 15.3. The Morgan fingerprint density at radius 3 is 2.58 bits per heavy atom. The van der Waals surface area contributed by atoms with E-state index in [1.807, 2.05) is 0 Å². The largest absolute Gasteiger partial charge is 0.393 e. The molecule has 0 aromatic carbocycles. The van der Waals surface area contributed by atoms with Crippen LogP contribution in [-0.2, 0) is 4.79 Å². The van der Waals surface area contributed by atoms with E-state index in [2.05, 4.69) is 5.32 Å². The highest BCUT2D eigenvalue weighted by molar-refractivity contribution is 5.80. The molecule has 12 heavy (non-hydrogen) atoms. The molecule has 0 aromatic rings. The van der Waals surface area contributed by atoms with Crippen LogP contribution in [-0.4, -0.2) is 29.7 Å². The lowest BCUT2D eigenvalue weighted by molar-refractivity contribution is -0.122. The van der Waals surface area contributed by atoms with Crippen molar-refractivity contribution in [3.8, 4) is 0 Å². The van der Waals surface area contributed by atoms with Crippen molar-refractivity contribution >= 4 is 5.91 Å². The summed E-state index contributed by atoms with van der Waals surface area (Å²) in [5.41, 5.74) is 5.32. The number of aliphatic hydroxyl groups excluding tert-OH is 1. The summed E-state index contributed by atoms with van der Waals surface area (Å²) in [4.78, 5) is 10.9. The Morgan fingerprint density at radius 2 is 2.17 bits per heavy atom. The summed E-state index contributed by atoms with van der Waals surface area (Å²) in [6.07, 6.45) is 1.20. The zero-order valence-electron chi connectivity index (χ0n) is 7.71. The highest BCUT2D eigenvalue weighted by Gasteiger charge is 2.05. The van der Waals surface area contributed by atoms with Gasteiger partial charge < -0.3 is 16.2 Å². The highest BCUT2D eigenvalue weighted by atomic mass is 16.3. The maximum absolute atomic E-state index is 10.9. The summed E-state index contributed by atoms with van der Waals surface area (Å²) < 4.78 is 0. The van der Waals surface area contributed by atoms with Gasteiger partial charge in [0.2, 0.25) is 5.91 Å². The summed E-state index contributed by atoms with van der Waals surface area (Å²) in [5, 5.41) is 11.6. The molecular weight excluding hydrogens is 156 g/mol. The molecule has 1 unspecified atom stereocenters. The van der Waals surface area contributed by atoms with Crippen LogP contribution in [0.25, 0.3) is 0 Å². The van der Waals surface area contributed by atoms with E-state index in [9.17, 15) is 4.79 Å². The molecule has 0 aromatic heterocycles. The lowest BCUT2D eigenvalue weighted by atomic mass is 10.2. The van der Waals surface area contributed by atoms with Gasteiger partial charge in [-0.15, -0.1) is 0 Å². The van der Waals surface area contributed by atoms with E-state index in [4.69, 9.17) is 10.8 Å². The molecule has 0 radical (unpaired) electrons. The van der Waals surface area contributed by atoms with E-state index in [1.165, 1.54) is 0 Å². The monoisotopic (exact) mass is 174 g/mol. The molecule has 4 N–H and O–H groups in total. The van der Waals surface area contributed by atoms with Crippen LogP contribution in [0, 0.1) is 0 Å². The van der Waals surface area contributed by atoms with Crippen molar-refractivity contribution in [2.45, 2.75) is 38.8 Å². The Morgan fingerprint density at radius 1 is 1.58 bits per heavy atom. The molecule has 0 aliphatic carbocycles. The van der Waals surface area contributed by atoms with E-state index in [0.717, 1.165) is 6.42 Å². The van der Waals surface area contributed by atoms with Crippen LogP contribution in [0.5, 0.6) is 0 Å². The fraction of sp³-hybridized carbons (Fsp3) is 0.875. The average Bonchev–Trinajstić information content (AvgIpc) is 1.97. The molecule has 4 heteroatoms. The average molecular weight is 174 g/mol. The molecule has 0 aliphatic rings. The first-order valence-corrected chi connectivity index (χ1v) is 4.25. The van der Waals surface area contributed by atoms with Gasteiger partial charge in [-0.3, -0.25) is 4.79 Å². The van der Waals surface area contributed by atoms with Gasteiger partial charge >= 0.3 is 0 Å². The summed E-state index contributed by atoms with van der Waals surface area (Å²) >= 11 is 0. The predicted molar refractivity (Wildman–Crippen MR) is 47.6 cm³/mol. The molecule has 2 atom stereocenters. The Bertz CT molecular complexity index is 135. The van der Waals surface area contributed by atoms with Gasteiger partial charge in [-0.2, -0.15) is 0 Å². The van der Waals surface area contributed by atoms with Gasteiger partial charge in [0, 0.05) is 6.54 Å². The van der Waals surface area contributed by atoms with Gasteiger partial charge in [-0.05, 0) is 26.7 Å². The maximum atomic E-state index is 10.9. The lowest BCUT2D eigenvalue weighted by Crippen LogP contribution is -2.38. The van der Waals surface area contributed by atoms with E-state index < -0.39 is 6.04 Å². The minimum Gasteiger partial charge on any atom is -0.393 e. The molecule has 72 valence electrons. The second-order valence-electron chi connectivity index (χ2n) is 3.07. The third-order valence-corrected chi connectivity index (χ3v) is 1.51. The van der Waals surface area contributed by atoms with E-state index in [0.29, 0.717) is 13.0 Å². The Hall–Kier alpha value is -0.610. The van der Waals surface area contributed by atoms with Crippen LogP contribution in [0.1, 0.15) is 26.7 Å².